The van der Waals surface area contributed by atoms with Gasteiger partial charge in [-0.15, -0.1) is 0 Å². The van der Waals surface area contributed by atoms with Crippen molar-refractivity contribution >= 4 is 23.6 Å². The number of amides is 4. The van der Waals surface area contributed by atoms with Gasteiger partial charge in [0.05, 0.1) is 11.1 Å². The van der Waals surface area contributed by atoms with Gasteiger partial charge in [0.1, 0.15) is 6.04 Å². The van der Waals surface area contributed by atoms with Crippen LogP contribution in [0.25, 0.3) is 0 Å². The molecule has 0 aliphatic carbocycles. The molecule has 2 heterocycles. The van der Waals surface area contributed by atoms with Crippen molar-refractivity contribution < 1.29 is 19.2 Å². The molecule has 0 saturated carbocycles. The van der Waals surface area contributed by atoms with Crippen molar-refractivity contribution in [3.63, 3.8) is 0 Å². The predicted molar refractivity (Wildman–Crippen MR) is 113 cm³/mol. The molecule has 2 aliphatic heterocycles. The summed E-state index contributed by atoms with van der Waals surface area (Å²) in [6.45, 7) is 2.46. The van der Waals surface area contributed by atoms with E-state index in [0.717, 1.165) is 16.0 Å². The number of nitrogens with zero attached hydrogens (tertiary/aromatic N) is 2. The highest BCUT2D eigenvalue weighted by Crippen LogP contribution is 2.28. The summed E-state index contributed by atoms with van der Waals surface area (Å²) in [5.74, 6) is -1.99. The molecule has 2 aliphatic rings. The second-order valence-electron chi connectivity index (χ2n) is 7.81. The summed E-state index contributed by atoms with van der Waals surface area (Å²) < 4.78 is 0. The standard InChI is InChI=1S/C23H24N4O4/c24-10-11-26(13-15-4-2-1-3-5-15)14-16-6-7-17-18(12-16)23(31)27(22(17)30)19-8-9-20(28)25-21(19)29/h1-7,12,19H,8-11,13-14,24H2,(H,25,28,29). The summed E-state index contributed by atoms with van der Waals surface area (Å²) in [5.41, 5.74) is 8.40. The van der Waals surface area contributed by atoms with E-state index < -0.39 is 29.7 Å². The molecule has 160 valence electrons. The smallest absolute Gasteiger partial charge is 0.262 e. The van der Waals surface area contributed by atoms with Crippen LogP contribution in [0.2, 0.25) is 0 Å². The van der Waals surface area contributed by atoms with Gasteiger partial charge in [-0.05, 0) is 29.7 Å². The monoisotopic (exact) mass is 420 g/mol. The third-order valence-electron chi connectivity index (χ3n) is 5.60. The molecular formula is C23H24N4O4. The van der Waals surface area contributed by atoms with Crippen molar-refractivity contribution in [1.82, 2.24) is 15.1 Å². The molecule has 4 rings (SSSR count). The van der Waals surface area contributed by atoms with Gasteiger partial charge in [0.15, 0.2) is 0 Å². The van der Waals surface area contributed by atoms with Crippen LogP contribution < -0.4 is 11.1 Å². The zero-order valence-corrected chi connectivity index (χ0v) is 17.0. The molecule has 0 radical (unpaired) electrons. The number of benzene rings is 2. The summed E-state index contributed by atoms with van der Waals surface area (Å²) in [7, 11) is 0. The second-order valence-corrected chi connectivity index (χ2v) is 7.81. The van der Waals surface area contributed by atoms with Crippen molar-refractivity contribution in [2.45, 2.75) is 32.0 Å². The number of carbonyl (C=O) groups excluding carboxylic acids is 4. The molecule has 8 heteroatoms. The summed E-state index contributed by atoms with van der Waals surface area (Å²) in [6.07, 6.45) is 0.243. The average Bonchev–Trinajstić information content (AvgIpc) is 2.99. The van der Waals surface area contributed by atoms with E-state index in [1.165, 1.54) is 0 Å². The van der Waals surface area contributed by atoms with E-state index >= 15 is 0 Å². The maximum Gasteiger partial charge on any atom is 0.262 e. The lowest BCUT2D eigenvalue weighted by molar-refractivity contribution is -0.136. The molecule has 1 atom stereocenters. The van der Waals surface area contributed by atoms with Gasteiger partial charge in [-0.2, -0.15) is 0 Å². The van der Waals surface area contributed by atoms with Gasteiger partial charge in [-0.25, -0.2) is 0 Å². The molecule has 4 amide bonds. The van der Waals surface area contributed by atoms with Crippen molar-refractivity contribution in [2.75, 3.05) is 13.1 Å². The van der Waals surface area contributed by atoms with E-state index in [1.807, 2.05) is 36.4 Å². The Hall–Kier alpha value is -3.36. The minimum atomic E-state index is -0.958. The van der Waals surface area contributed by atoms with E-state index in [-0.39, 0.29) is 18.4 Å². The lowest BCUT2D eigenvalue weighted by Crippen LogP contribution is -2.54. The zero-order chi connectivity index (χ0) is 22.0. The fourth-order valence-corrected chi connectivity index (χ4v) is 4.11. The van der Waals surface area contributed by atoms with Gasteiger partial charge in [0.25, 0.3) is 11.8 Å². The Balaban J connectivity index is 1.53. The molecule has 1 saturated heterocycles. The highest BCUT2D eigenvalue weighted by molar-refractivity contribution is 6.23. The Morgan fingerprint density at radius 3 is 2.35 bits per heavy atom. The van der Waals surface area contributed by atoms with Crippen molar-refractivity contribution in [3.8, 4) is 0 Å². The molecule has 0 bridgehead atoms. The summed E-state index contributed by atoms with van der Waals surface area (Å²) in [4.78, 5) is 52.6. The molecule has 1 fully saturated rings. The normalized spacial score (nSPS) is 18.5. The van der Waals surface area contributed by atoms with Gasteiger partial charge in [0.2, 0.25) is 11.8 Å². The largest absolute Gasteiger partial charge is 0.329 e. The lowest BCUT2D eigenvalue weighted by Gasteiger charge is -2.27. The SMILES string of the molecule is NCCN(Cc1ccccc1)Cc1ccc2c(c1)C(=O)N(C1CCC(=O)NC1=O)C2=O. The molecule has 0 aromatic heterocycles. The average molecular weight is 420 g/mol. The second kappa shape index (κ2) is 8.79. The van der Waals surface area contributed by atoms with E-state index in [1.54, 1.807) is 12.1 Å². The van der Waals surface area contributed by atoms with Crippen LogP contribution in [0.15, 0.2) is 48.5 Å². The first-order valence-corrected chi connectivity index (χ1v) is 10.3. The number of fused-ring (bicyclic) bond motifs is 1. The molecule has 2 aromatic carbocycles. The Bertz CT molecular complexity index is 1040. The van der Waals surface area contributed by atoms with Crippen molar-refractivity contribution in [2.24, 2.45) is 5.73 Å². The first kappa shape index (κ1) is 20.9. The van der Waals surface area contributed by atoms with E-state index in [4.69, 9.17) is 5.73 Å². The van der Waals surface area contributed by atoms with Gasteiger partial charge >= 0.3 is 0 Å². The van der Waals surface area contributed by atoms with Gasteiger partial charge in [-0.1, -0.05) is 36.4 Å². The quantitative estimate of drug-likeness (QED) is 0.648. The van der Waals surface area contributed by atoms with Crippen LogP contribution in [0, 0.1) is 0 Å². The molecule has 0 spiro atoms. The summed E-state index contributed by atoms with van der Waals surface area (Å²) in [6, 6.07) is 14.3. The highest BCUT2D eigenvalue weighted by atomic mass is 16.2. The van der Waals surface area contributed by atoms with E-state index in [9.17, 15) is 19.2 Å². The topological polar surface area (TPSA) is 113 Å². The summed E-state index contributed by atoms with van der Waals surface area (Å²) in [5, 5.41) is 2.21. The van der Waals surface area contributed by atoms with E-state index in [2.05, 4.69) is 10.2 Å². The third-order valence-corrected chi connectivity index (χ3v) is 5.60. The van der Waals surface area contributed by atoms with Crippen LogP contribution in [0.4, 0.5) is 0 Å². The van der Waals surface area contributed by atoms with Crippen LogP contribution in [-0.4, -0.2) is 52.6 Å². The number of imide groups is 2. The molecular weight excluding hydrogens is 396 g/mol. The summed E-state index contributed by atoms with van der Waals surface area (Å²) >= 11 is 0. The highest BCUT2D eigenvalue weighted by Gasteiger charge is 2.44. The number of piperidine rings is 1. The van der Waals surface area contributed by atoms with Gasteiger partial charge < -0.3 is 5.73 Å². The van der Waals surface area contributed by atoms with E-state index in [0.29, 0.717) is 31.7 Å². The number of nitrogens with one attached hydrogen (secondary N) is 1. The zero-order valence-electron chi connectivity index (χ0n) is 17.0. The van der Waals surface area contributed by atoms with Crippen LogP contribution in [-0.2, 0) is 22.7 Å². The Kier molecular flexibility index (Phi) is 5.92. The Morgan fingerprint density at radius 1 is 0.935 bits per heavy atom. The van der Waals surface area contributed by atoms with Gasteiger partial charge in [-0.3, -0.25) is 34.3 Å². The number of nitrogens with two attached hydrogens (primary N) is 1. The number of rotatable bonds is 7. The molecule has 1 unspecified atom stereocenters. The van der Waals surface area contributed by atoms with Crippen LogP contribution in [0.3, 0.4) is 0 Å². The molecule has 2 aromatic rings. The Morgan fingerprint density at radius 2 is 1.65 bits per heavy atom. The predicted octanol–water partition coefficient (Wildman–Crippen LogP) is 1.05. The fourth-order valence-electron chi connectivity index (χ4n) is 4.11. The molecule has 3 N–H and O–H groups in total. The Labute approximate surface area is 180 Å². The van der Waals surface area contributed by atoms with Crippen LogP contribution >= 0.6 is 0 Å². The molecule has 8 nitrogen and oxygen atoms in total. The third kappa shape index (κ3) is 4.26. The first-order chi connectivity index (χ1) is 15.0. The number of hydrogen-bond acceptors (Lipinski definition) is 6. The number of hydrogen-bond donors (Lipinski definition) is 2. The van der Waals surface area contributed by atoms with Crippen LogP contribution in [0.1, 0.15) is 44.7 Å². The molecule has 31 heavy (non-hydrogen) atoms. The first-order valence-electron chi connectivity index (χ1n) is 10.3. The van der Waals surface area contributed by atoms with Crippen molar-refractivity contribution in [1.29, 1.82) is 0 Å². The van der Waals surface area contributed by atoms with Gasteiger partial charge in [0, 0.05) is 32.6 Å². The van der Waals surface area contributed by atoms with Crippen LogP contribution in [0.5, 0.6) is 0 Å². The number of carbonyl (C=O) groups is 4. The maximum atomic E-state index is 13.0. The van der Waals surface area contributed by atoms with Crippen molar-refractivity contribution in [3.05, 3.63) is 70.8 Å². The lowest BCUT2D eigenvalue weighted by atomic mass is 10.0. The minimum Gasteiger partial charge on any atom is -0.329 e. The minimum absolute atomic E-state index is 0.0998. The fraction of sp³-hybridized carbons (Fsp3) is 0.304. The maximum absolute atomic E-state index is 13.0.